The lowest BCUT2D eigenvalue weighted by Gasteiger charge is -2.09. The summed E-state index contributed by atoms with van der Waals surface area (Å²) in [4.78, 5) is 12.9. The maximum atomic E-state index is 11.9. The van der Waals surface area contributed by atoms with Crippen LogP contribution in [0.25, 0.3) is 6.08 Å². The Morgan fingerprint density at radius 1 is 1.19 bits per heavy atom. The topological polar surface area (TPSA) is 47.6 Å². The van der Waals surface area contributed by atoms with Crippen LogP contribution in [-0.2, 0) is 4.79 Å². The van der Waals surface area contributed by atoms with Crippen LogP contribution in [0.15, 0.2) is 40.2 Å². The van der Waals surface area contributed by atoms with Gasteiger partial charge in [0.25, 0.3) is 0 Å². The molecule has 2 aromatic rings. The molecule has 0 aliphatic heterocycles. The molecule has 0 atom stereocenters. The number of carbonyl (C=O) groups is 1. The Bertz CT molecular complexity index is 667. The number of hydrogen-bond acceptors (Lipinski definition) is 4. The Labute approximate surface area is 135 Å². The molecule has 6 heteroatoms. The van der Waals surface area contributed by atoms with Crippen molar-refractivity contribution in [2.45, 2.75) is 0 Å². The van der Waals surface area contributed by atoms with E-state index < -0.39 is 0 Å². The number of rotatable bonds is 5. The number of carbonyl (C=O) groups excluding carboxylic acids is 1. The molecule has 0 saturated carbocycles. The number of nitrogens with one attached hydrogen (secondary N) is 1. The molecule has 1 N–H and O–H groups in total. The van der Waals surface area contributed by atoms with E-state index >= 15 is 0 Å². The summed E-state index contributed by atoms with van der Waals surface area (Å²) in [5.74, 6) is 0.989. The van der Waals surface area contributed by atoms with Crippen LogP contribution in [0.5, 0.6) is 11.5 Å². The summed E-state index contributed by atoms with van der Waals surface area (Å²) in [7, 11) is 3.12. The zero-order valence-electron chi connectivity index (χ0n) is 11.6. The Morgan fingerprint density at radius 3 is 2.57 bits per heavy atom. The number of hydrogen-bond donors (Lipinski definition) is 1. The quantitative estimate of drug-likeness (QED) is 0.806. The molecule has 1 heterocycles. The Kier molecular flexibility index (Phi) is 5.41. The van der Waals surface area contributed by atoms with E-state index in [4.69, 9.17) is 9.47 Å². The van der Waals surface area contributed by atoms with Crippen LogP contribution in [0.1, 0.15) is 4.88 Å². The van der Waals surface area contributed by atoms with Gasteiger partial charge in [0, 0.05) is 22.7 Å². The average Bonchev–Trinajstić information content (AvgIpc) is 2.90. The van der Waals surface area contributed by atoms with Crippen LogP contribution in [0.3, 0.4) is 0 Å². The number of amides is 1. The van der Waals surface area contributed by atoms with Crippen LogP contribution < -0.4 is 14.8 Å². The van der Waals surface area contributed by atoms with Crippen LogP contribution in [0.2, 0.25) is 0 Å². The van der Waals surface area contributed by atoms with E-state index in [2.05, 4.69) is 21.2 Å². The van der Waals surface area contributed by atoms with E-state index in [0.717, 1.165) is 8.66 Å². The molecule has 21 heavy (non-hydrogen) atoms. The van der Waals surface area contributed by atoms with E-state index in [0.29, 0.717) is 17.2 Å². The molecule has 0 saturated heterocycles. The summed E-state index contributed by atoms with van der Waals surface area (Å²) in [6, 6.07) is 9.10. The second kappa shape index (κ2) is 7.28. The molecule has 2 rings (SSSR count). The highest BCUT2D eigenvalue weighted by Gasteiger charge is 2.06. The van der Waals surface area contributed by atoms with Crippen molar-refractivity contribution in [1.82, 2.24) is 0 Å². The van der Waals surface area contributed by atoms with Crippen molar-refractivity contribution < 1.29 is 14.3 Å². The fourth-order valence-electron chi connectivity index (χ4n) is 1.67. The third kappa shape index (κ3) is 4.34. The highest BCUT2D eigenvalue weighted by atomic mass is 79.9. The van der Waals surface area contributed by atoms with Gasteiger partial charge < -0.3 is 14.8 Å². The number of halogens is 1. The normalized spacial score (nSPS) is 10.6. The van der Waals surface area contributed by atoms with E-state index in [1.165, 1.54) is 6.08 Å². The van der Waals surface area contributed by atoms with Crippen molar-refractivity contribution >= 4 is 44.9 Å². The highest BCUT2D eigenvalue weighted by molar-refractivity contribution is 9.11. The third-order valence-corrected chi connectivity index (χ3v) is 4.23. The van der Waals surface area contributed by atoms with Crippen molar-refractivity contribution in [2.75, 3.05) is 19.5 Å². The molecule has 1 amide bonds. The first-order valence-corrected chi connectivity index (χ1v) is 7.69. The molecule has 0 fully saturated rings. The van der Waals surface area contributed by atoms with Gasteiger partial charge in [0.05, 0.1) is 18.0 Å². The van der Waals surface area contributed by atoms with Gasteiger partial charge in [-0.05, 0) is 46.3 Å². The molecule has 0 radical (unpaired) electrons. The van der Waals surface area contributed by atoms with E-state index in [-0.39, 0.29) is 5.91 Å². The van der Waals surface area contributed by atoms with Gasteiger partial charge in [0.15, 0.2) is 11.5 Å². The maximum absolute atomic E-state index is 11.9. The molecule has 0 aliphatic carbocycles. The highest BCUT2D eigenvalue weighted by Crippen LogP contribution is 2.29. The number of methoxy groups -OCH3 is 2. The molecule has 0 spiro atoms. The number of ether oxygens (including phenoxy) is 2. The lowest BCUT2D eigenvalue weighted by atomic mass is 10.2. The fourth-order valence-corrected chi connectivity index (χ4v) is 3.00. The van der Waals surface area contributed by atoms with Crippen molar-refractivity contribution in [3.05, 3.63) is 45.1 Å². The SMILES string of the molecule is COc1ccc(NC(=O)/C=C/c2ccc(Br)s2)cc1OC. The average molecular weight is 368 g/mol. The van der Waals surface area contributed by atoms with Gasteiger partial charge in [0.2, 0.25) is 5.91 Å². The van der Waals surface area contributed by atoms with Gasteiger partial charge in [-0.1, -0.05) is 0 Å². The first-order chi connectivity index (χ1) is 10.1. The van der Waals surface area contributed by atoms with Gasteiger partial charge in [-0.25, -0.2) is 0 Å². The van der Waals surface area contributed by atoms with E-state index in [9.17, 15) is 4.79 Å². The predicted octanol–water partition coefficient (Wildman–Crippen LogP) is 4.18. The third-order valence-electron chi connectivity index (χ3n) is 2.64. The van der Waals surface area contributed by atoms with Crippen molar-refractivity contribution in [3.63, 3.8) is 0 Å². The van der Waals surface area contributed by atoms with Gasteiger partial charge >= 0.3 is 0 Å². The summed E-state index contributed by atoms with van der Waals surface area (Å²) in [5.41, 5.74) is 0.648. The van der Waals surface area contributed by atoms with Gasteiger partial charge in [-0.3, -0.25) is 4.79 Å². The van der Waals surface area contributed by atoms with E-state index in [1.807, 2.05) is 12.1 Å². The molecule has 1 aromatic heterocycles. The molecule has 0 aliphatic rings. The Balaban J connectivity index is 2.04. The minimum Gasteiger partial charge on any atom is -0.493 e. The maximum Gasteiger partial charge on any atom is 0.248 e. The standard InChI is InChI=1S/C15H14BrNO3S/c1-19-12-6-3-10(9-13(12)20-2)17-15(18)8-5-11-4-7-14(16)21-11/h3-9H,1-2H3,(H,17,18)/b8-5+. The minimum atomic E-state index is -0.202. The lowest BCUT2D eigenvalue weighted by molar-refractivity contribution is -0.111. The Hall–Kier alpha value is -1.79. The first kappa shape index (κ1) is 15.6. The van der Waals surface area contributed by atoms with Crippen molar-refractivity contribution in [2.24, 2.45) is 0 Å². The molecular formula is C15H14BrNO3S. The Morgan fingerprint density at radius 2 is 1.95 bits per heavy atom. The van der Waals surface area contributed by atoms with Crippen LogP contribution in [0, 0.1) is 0 Å². The largest absolute Gasteiger partial charge is 0.493 e. The zero-order valence-corrected chi connectivity index (χ0v) is 14.0. The van der Waals surface area contributed by atoms with Crippen LogP contribution in [-0.4, -0.2) is 20.1 Å². The second-order valence-electron chi connectivity index (χ2n) is 4.03. The van der Waals surface area contributed by atoms with Crippen LogP contribution >= 0.6 is 27.3 Å². The van der Waals surface area contributed by atoms with Gasteiger partial charge in [-0.2, -0.15) is 0 Å². The lowest BCUT2D eigenvalue weighted by Crippen LogP contribution is -2.07. The summed E-state index contributed by atoms with van der Waals surface area (Å²) >= 11 is 4.94. The molecule has 1 aromatic carbocycles. The summed E-state index contributed by atoms with van der Waals surface area (Å²) in [6.07, 6.45) is 3.26. The van der Waals surface area contributed by atoms with E-state index in [1.54, 1.807) is 49.8 Å². The zero-order chi connectivity index (χ0) is 15.2. The number of thiophene rings is 1. The first-order valence-electron chi connectivity index (χ1n) is 6.09. The fraction of sp³-hybridized carbons (Fsp3) is 0.133. The minimum absolute atomic E-state index is 0.202. The smallest absolute Gasteiger partial charge is 0.248 e. The molecular weight excluding hydrogens is 354 g/mol. The number of anilines is 1. The van der Waals surface area contributed by atoms with Gasteiger partial charge in [0.1, 0.15) is 0 Å². The summed E-state index contributed by atoms with van der Waals surface area (Å²) in [5, 5.41) is 2.78. The summed E-state index contributed by atoms with van der Waals surface area (Å²) < 4.78 is 11.4. The number of benzene rings is 1. The monoisotopic (exact) mass is 367 g/mol. The predicted molar refractivity (Wildman–Crippen MR) is 89.2 cm³/mol. The molecule has 0 unspecified atom stereocenters. The molecule has 0 bridgehead atoms. The van der Waals surface area contributed by atoms with Crippen molar-refractivity contribution in [1.29, 1.82) is 0 Å². The van der Waals surface area contributed by atoms with Gasteiger partial charge in [-0.15, -0.1) is 11.3 Å². The second-order valence-corrected chi connectivity index (χ2v) is 6.53. The van der Waals surface area contributed by atoms with Crippen molar-refractivity contribution in [3.8, 4) is 11.5 Å². The molecule has 4 nitrogen and oxygen atoms in total. The summed E-state index contributed by atoms with van der Waals surface area (Å²) in [6.45, 7) is 0. The molecule has 110 valence electrons. The van der Waals surface area contributed by atoms with Crippen LogP contribution in [0.4, 0.5) is 5.69 Å².